The van der Waals surface area contributed by atoms with E-state index in [1.54, 1.807) is 6.08 Å². The normalized spacial score (nSPS) is 11.1. The Labute approximate surface area is 65.3 Å². The molecule has 0 aliphatic rings. The minimum Gasteiger partial charge on any atom is -0.365 e. The number of unbranched alkanes of at least 4 members (excludes halogenated alkanes) is 1. The zero-order valence-corrected chi connectivity index (χ0v) is 6.29. The summed E-state index contributed by atoms with van der Waals surface area (Å²) in [6.07, 6.45) is 2.71. The van der Waals surface area contributed by atoms with Gasteiger partial charge >= 0.3 is 0 Å². The van der Waals surface area contributed by atoms with Crippen molar-refractivity contribution in [3.05, 3.63) is 12.7 Å². The van der Waals surface area contributed by atoms with Crippen LogP contribution in [0.4, 0.5) is 0 Å². The monoisotopic (exact) mass is 159 g/mol. The molecule has 0 atom stereocenters. The van der Waals surface area contributed by atoms with Crippen molar-refractivity contribution >= 4 is 5.91 Å². The van der Waals surface area contributed by atoms with Crippen molar-refractivity contribution < 1.29 is 15.0 Å². The molecule has 11 heavy (non-hydrogen) atoms. The predicted octanol–water partition coefficient (Wildman–Crippen LogP) is -0.491. The van der Waals surface area contributed by atoms with Gasteiger partial charge in [-0.2, -0.15) is 0 Å². The maximum absolute atomic E-state index is 10.3. The van der Waals surface area contributed by atoms with Crippen molar-refractivity contribution in [2.45, 2.75) is 25.0 Å². The lowest BCUT2D eigenvalue weighted by Gasteiger charge is -2.16. The second-order valence-electron chi connectivity index (χ2n) is 2.36. The van der Waals surface area contributed by atoms with Crippen molar-refractivity contribution in [1.82, 2.24) is 0 Å². The van der Waals surface area contributed by atoms with Crippen LogP contribution < -0.4 is 5.73 Å². The largest absolute Gasteiger partial charge is 0.365 e. The number of allylic oxidation sites excluding steroid dienone is 1. The summed E-state index contributed by atoms with van der Waals surface area (Å²) >= 11 is 0. The smallest absolute Gasteiger partial charge is 0.277 e. The lowest BCUT2D eigenvalue weighted by atomic mass is 10.1. The SMILES string of the molecule is C=CCCCC(O)(O)C(N)=O. The topological polar surface area (TPSA) is 83.6 Å². The molecular formula is C7H13NO3. The second kappa shape index (κ2) is 4.10. The van der Waals surface area contributed by atoms with E-state index in [0.29, 0.717) is 12.8 Å². The number of rotatable bonds is 5. The summed E-state index contributed by atoms with van der Waals surface area (Å²) in [5.74, 6) is -3.47. The third-order valence-electron chi connectivity index (χ3n) is 1.33. The summed E-state index contributed by atoms with van der Waals surface area (Å²) in [6, 6.07) is 0. The van der Waals surface area contributed by atoms with Crippen molar-refractivity contribution in [1.29, 1.82) is 0 Å². The lowest BCUT2D eigenvalue weighted by molar-refractivity contribution is -0.184. The third-order valence-corrected chi connectivity index (χ3v) is 1.33. The number of primary amides is 1. The van der Waals surface area contributed by atoms with E-state index in [1.165, 1.54) is 0 Å². The van der Waals surface area contributed by atoms with Gasteiger partial charge in [0.25, 0.3) is 5.91 Å². The van der Waals surface area contributed by atoms with Gasteiger partial charge in [-0.1, -0.05) is 6.08 Å². The molecule has 64 valence electrons. The van der Waals surface area contributed by atoms with Gasteiger partial charge in [0.2, 0.25) is 5.79 Å². The van der Waals surface area contributed by atoms with Crippen LogP contribution in [-0.4, -0.2) is 21.9 Å². The highest BCUT2D eigenvalue weighted by Crippen LogP contribution is 2.09. The van der Waals surface area contributed by atoms with Gasteiger partial charge < -0.3 is 15.9 Å². The van der Waals surface area contributed by atoms with Crippen LogP contribution in [0.25, 0.3) is 0 Å². The van der Waals surface area contributed by atoms with E-state index < -0.39 is 11.7 Å². The van der Waals surface area contributed by atoms with E-state index >= 15 is 0 Å². The Bertz CT molecular complexity index is 154. The summed E-state index contributed by atoms with van der Waals surface area (Å²) in [7, 11) is 0. The molecule has 0 heterocycles. The number of amides is 1. The van der Waals surface area contributed by atoms with Crippen LogP contribution in [0.5, 0.6) is 0 Å². The van der Waals surface area contributed by atoms with Gasteiger partial charge in [0.1, 0.15) is 0 Å². The van der Waals surface area contributed by atoms with Gasteiger partial charge in [-0.25, -0.2) is 0 Å². The molecule has 0 aromatic carbocycles. The van der Waals surface area contributed by atoms with E-state index in [4.69, 9.17) is 10.2 Å². The molecular weight excluding hydrogens is 146 g/mol. The van der Waals surface area contributed by atoms with Crippen LogP contribution in [-0.2, 0) is 4.79 Å². The summed E-state index contributed by atoms with van der Waals surface area (Å²) in [5.41, 5.74) is 4.69. The standard InChI is InChI=1S/C7H13NO3/c1-2-3-4-5-7(10,11)6(8)9/h2,10-11H,1,3-5H2,(H2,8,9). The first-order valence-corrected chi connectivity index (χ1v) is 3.36. The highest BCUT2D eigenvalue weighted by Gasteiger charge is 2.29. The van der Waals surface area contributed by atoms with Gasteiger partial charge in [-0.3, -0.25) is 4.79 Å². The first kappa shape index (κ1) is 10.1. The molecule has 0 bridgehead atoms. The molecule has 4 nitrogen and oxygen atoms in total. The van der Waals surface area contributed by atoms with Gasteiger partial charge in [0.15, 0.2) is 0 Å². The van der Waals surface area contributed by atoms with Crippen LogP contribution in [0.15, 0.2) is 12.7 Å². The molecule has 0 aliphatic heterocycles. The van der Waals surface area contributed by atoms with Gasteiger partial charge in [0.05, 0.1) is 0 Å². The Morgan fingerprint density at radius 3 is 2.55 bits per heavy atom. The molecule has 4 N–H and O–H groups in total. The first-order chi connectivity index (χ1) is 5.00. The average Bonchev–Trinajstić information content (AvgIpc) is 1.88. The van der Waals surface area contributed by atoms with E-state index in [1.807, 2.05) is 0 Å². The van der Waals surface area contributed by atoms with E-state index in [9.17, 15) is 4.79 Å². The van der Waals surface area contributed by atoms with Gasteiger partial charge in [-0.05, 0) is 12.8 Å². The Morgan fingerprint density at radius 2 is 2.18 bits per heavy atom. The molecule has 0 rings (SSSR count). The van der Waals surface area contributed by atoms with Crippen LogP contribution in [0.2, 0.25) is 0 Å². The molecule has 0 aromatic rings. The number of hydrogen-bond acceptors (Lipinski definition) is 3. The summed E-state index contributed by atoms with van der Waals surface area (Å²) in [5, 5.41) is 17.7. The van der Waals surface area contributed by atoms with Gasteiger partial charge in [0, 0.05) is 6.42 Å². The minimum atomic E-state index is -2.36. The van der Waals surface area contributed by atoms with Crippen molar-refractivity contribution in [2.75, 3.05) is 0 Å². The van der Waals surface area contributed by atoms with Crippen LogP contribution in [0, 0.1) is 0 Å². The maximum Gasteiger partial charge on any atom is 0.277 e. The lowest BCUT2D eigenvalue weighted by Crippen LogP contribution is -2.43. The number of carbonyl (C=O) groups is 1. The third kappa shape index (κ3) is 3.75. The molecule has 1 amide bonds. The molecule has 0 unspecified atom stereocenters. The van der Waals surface area contributed by atoms with Gasteiger partial charge in [-0.15, -0.1) is 6.58 Å². The van der Waals surface area contributed by atoms with E-state index in [2.05, 4.69) is 12.3 Å². The quantitative estimate of drug-likeness (QED) is 0.287. The highest BCUT2D eigenvalue weighted by molar-refractivity contribution is 5.81. The zero-order valence-electron chi connectivity index (χ0n) is 6.29. The Balaban J connectivity index is 3.72. The molecule has 0 saturated heterocycles. The Hall–Kier alpha value is -0.870. The molecule has 0 saturated carbocycles. The Morgan fingerprint density at radius 1 is 1.64 bits per heavy atom. The first-order valence-electron chi connectivity index (χ1n) is 3.36. The maximum atomic E-state index is 10.3. The molecule has 0 spiro atoms. The number of hydrogen-bond donors (Lipinski definition) is 3. The zero-order chi connectivity index (χ0) is 8.91. The molecule has 0 aliphatic carbocycles. The summed E-state index contributed by atoms with van der Waals surface area (Å²) in [4.78, 5) is 10.3. The van der Waals surface area contributed by atoms with Crippen molar-refractivity contribution in [3.8, 4) is 0 Å². The molecule has 0 fully saturated rings. The predicted molar refractivity (Wildman–Crippen MR) is 40.4 cm³/mol. The second-order valence-corrected chi connectivity index (χ2v) is 2.36. The molecule has 4 heteroatoms. The average molecular weight is 159 g/mol. The van der Waals surface area contributed by atoms with E-state index in [-0.39, 0.29) is 6.42 Å². The number of aliphatic hydroxyl groups is 2. The van der Waals surface area contributed by atoms with Crippen LogP contribution in [0.3, 0.4) is 0 Å². The summed E-state index contributed by atoms with van der Waals surface area (Å²) < 4.78 is 0. The van der Waals surface area contributed by atoms with Crippen LogP contribution in [0.1, 0.15) is 19.3 Å². The summed E-state index contributed by atoms with van der Waals surface area (Å²) in [6.45, 7) is 3.45. The van der Waals surface area contributed by atoms with E-state index in [0.717, 1.165) is 0 Å². The van der Waals surface area contributed by atoms with Crippen molar-refractivity contribution in [2.24, 2.45) is 5.73 Å². The number of carbonyl (C=O) groups excluding carboxylic acids is 1. The fourth-order valence-electron chi connectivity index (χ4n) is 0.616. The fraction of sp³-hybridized carbons (Fsp3) is 0.571. The minimum absolute atomic E-state index is 0.0473. The van der Waals surface area contributed by atoms with Crippen LogP contribution >= 0.6 is 0 Å². The number of nitrogens with two attached hydrogens (primary N) is 1. The highest BCUT2D eigenvalue weighted by atomic mass is 16.5. The molecule has 0 aromatic heterocycles. The Kier molecular flexibility index (Phi) is 3.78. The fourth-order valence-corrected chi connectivity index (χ4v) is 0.616. The molecule has 0 radical (unpaired) electrons. The van der Waals surface area contributed by atoms with Crippen molar-refractivity contribution in [3.63, 3.8) is 0 Å².